The molecule has 0 radical (unpaired) electrons. The van der Waals surface area contributed by atoms with E-state index in [9.17, 15) is 13.2 Å². The zero-order valence-corrected chi connectivity index (χ0v) is 17.8. The number of benzene rings is 2. The van der Waals surface area contributed by atoms with Gasteiger partial charge in [0.05, 0.1) is 21.3 Å². The topological polar surface area (TPSA) is 117 Å². The number of sulfonamides is 1. The second kappa shape index (κ2) is 8.62. The Morgan fingerprint density at radius 1 is 1.07 bits per heavy atom. The molecular formula is C20H22N2O7S. The number of nitrogens with zero attached hydrogens (tertiary/aromatic N) is 1. The number of ether oxygens (including phenoxy) is 3. The number of Topliss-reactive ketones (excluding diaryl/α,β-unsaturated/α-hetero) is 1. The van der Waals surface area contributed by atoms with E-state index in [2.05, 4.69) is 9.88 Å². The Morgan fingerprint density at radius 3 is 2.27 bits per heavy atom. The number of hydrogen-bond donors (Lipinski definition) is 1. The molecule has 0 amide bonds. The molecule has 0 fully saturated rings. The van der Waals surface area contributed by atoms with E-state index in [-0.39, 0.29) is 28.0 Å². The molecule has 0 aliphatic carbocycles. The van der Waals surface area contributed by atoms with Crippen molar-refractivity contribution in [2.75, 3.05) is 26.1 Å². The number of carbonyl (C=O) groups is 1. The maximum Gasteiger partial charge on any atom is 0.270 e. The zero-order chi connectivity index (χ0) is 21.9. The second-order valence-corrected chi connectivity index (χ2v) is 8.12. The third-order valence-corrected chi connectivity index (χ3v) is 5.87. The molecule has 0 aliphatic rings. The summed E-state index contributed by atoms with van der Waals surface area (Å²) in [7, 11) is 0.00236. The van der Waals surface area contributed by atoms with E-state index in [0.29, 0.717) is 35.1 Å². The van der Waals surface area contributed by atoms with Gasteiger partial charge >= 0.3 is 0 Å². The van der Waals surface area contributed by atoms with Crippen LogP contribution in [-0.4, -0.2) is 40.7 Å². The molecule has 0 saturated carbocycles. The molecule has 3 rings (SSSR count). The number of fused-ring (bicyclic) bond motifs is 1. The zero-order valence-electron chi connectivity index (χ0n) is 17.0. The van der Waals surface area contributed by atoms with Crippen molar-refractivity contribution in [3.05, 3.63) is 35.9 Å². The second-order valence-electron chi connectivity index (χ2n) is 6.50. The Kier molecular flexibility index (Phi) is 6.16. The number of hydrogen-bond acceptors (Lipinski definition) is 8. The number of methoxy groups -OCH3 is 3. The van der Waals surface area contributed by atoms with Gasteiger partial charge in [0, 0.05) is 6.42 Å². The van der Waals surface area contributed by atoms with Crippen molar-refractivity contribution in [3.63, 3.8) is 0 Å². The number of anilines is 1. The van der Waals surface area contributed by atoms with Crippen LogP contribution in [0.15, 0.2) is 39.8 Å². The van der Waals surface area contributed by atoms with Crippen LogP contribution in [0.1, 0.15) is 18.9 Å². The van der Waals surface area contributed by atoms with Crippen LogP contribution in [-0.2, 0) is 21.2 Å². The summed E-state index contributed by atoms with van der Waals surface area (Å²) in [6.07, 6.45) is 0.752. The van der Waals surface area contributed by atoms with Crippen LogP contribution in [0.2, 0.25) is 0 Å². The average Bonchev–Trinajstić information content (AvgIpc) is 3.13. The summed E-state index contributed by atoms with van der Waals surface area (Å²) >= 11 is 0. The van der Waals surface area contributed by atoms with Crippen LogP contribution in [0, 0.1) is 0 Å². The van der Waals surface area contributed by atoms with Crippen LogP contribution in [0.5, 0.6) is 17.2 Å². The third kappa shape index (κ3) is 4.18. The van der Waals surface area contributed by atoms with Crippen molar-refractivity contribution in [2.45, 2.75) is 24.7 Å². The van der Waals surface area contributed by atoms with Crippen molar-refractivity contribution < 1.29 is 31.9 Å². The van der Waals surface area contributed by atoms with E-state index < -0.39 is 10.0 Å². The highest BCUT2D eigenvalue weighted by atomic mass is 32.2. The summed E-state index contributed by atoms with van der Waals surface area (Å²) in [6, 6.07) is 8.16. The fourth-order valence-electron chi connectivity index (χ4n) is 3.04. The highest BCUT2D eigenvalue weighted by molar-refractivity contribution is 7.93. The first-order valence-electron chi connectivity index (χ1n) is 9.00. The Bertz CT molecular complexity index is 1160. The summed E-state index contributed by atoms with van der Waals surface area (Å²) in [5.41, 5.74) is 1.08. The third-order valence-electron chi connectivity index (χ3n) is 4.47. The molecule has 2 aromatic carbocycles. The molecule has 1 aromatic heterocycles. The van der Waals surface area contributed by atoms with Crippen LogP contribution < -0.4 is 18.9 Å². The van der Waals surface area contributed by atoms with Crippen molar-refractivity contribution in [2.24, 2.45) is 0 Å². The van der Waals surface area contributed by atoms with E-state index in [1.165, 1.54) is 28.3 Å². The molecule has 9 nitrogen and oxygen atoms in total. The summed E-state index contributed by atoms with van der Waals surface area (Å²) < 4.78 is 50.0. The van der Waals surface area contributed by atoms with Crippen LogP contribution in [0.3, 0.4) is 0 Å². The molecule has 0 spiro atoms. The quantitative estimate of drug-likeness (QED) is 0.546. The van der Waals surface area contributed by atoms with E-state index in [1.807, 2.05) is 0 Å². The van der Waals surface area contributed by atoms with Crippen molar-refractivity contribution in [3.8, 4) is 17.2 Å². The minimum Gasteiger partial charge on any atom is -0.496 e. The molecule has 3 aromatic rings. The predicted octanol–water partition coefficient (Wildman–Crippen LogP) is 3.18. The van der Waals surface area contributed by atoms with E-state index in [1.54, 1.807) is 30.3 Å². The first kappa shape index (κ1) is 21.4. The lowest BCUT2D eigenvalue weighted by Gasteiger charge is -2.16. The number of carbonyl (C=O) groups excluding carboxylic acids is 1. The molecule has 1 heterocycles. The van der Waals surface area contributed by atoms with Gasteiger partial charge in [-0.3, -0.25) is 4.72 Å². The van der Waals surface area contributed by atoms with Gasteiger partial charge in [0.1, 0.15) is 28.4 Å². The summed E-state index contributed by atoms with van der Waals surface area (Å²) in [5.74, 6) is 0.579. The molecule has 1 N–H and O–H groups in total. The fraction of sp³-hybridized carbons (Fsp3) is 0.300. The van der Waals surface area contributed by atoms with Gasteiger partial charge in [0.15, 0.2) is 16.3 Å². The molecular weight excluding hydrogens is 412 g/mol. The van der Waals surface area contributed by atoms with Crippen molar-refractivity contribution in [1.82, 2.24) is 5.16 Å². The first-order chi connectivity index (χ1) is 14.3. The molecule has 160 valence electrons. The Labute approximate surface area is 174 Å². The lowest BCUT2D eigenvalue weighted by Crippen LogP contribution is -2.16. The first-order valence-corrected chi connectivity index (χ1v) is 10.5. The number of nitrogens with one attached hydrogen (secondary N) is 1. The fourth-order valence-corrected chi connectivity index (χ4v) is 4.35. The van der Waals surface area contributed by atoms with Gasteiger partial charge in [-0.25, -0.2) is 8.42 Å². The summed E-state index contributed by atoms with van der Waals surface area (Å²) in [6.45, 7) is 1.49. The number of aromatic nitrogens is 1. The predicted molar refractivity (Wildman–Crippen MR) is 110 cm³/mol. The lowest BCUT2D eigenvalue weighted by molar-refractivity contribution is -0.116. The molecule has 0 bridgehead atoms. The largest absolute Gasteiger partial charge is 0.496 e. The molecule has 30 heavy (non-hydrogen) atoms. The molecule has 0 atom stereocenters. The number of ketones is 1. The lowest BCUT2D eigenvalue weighted by atomic mass is 10.1. The minimum absolute atomic E-state index is 0.0211. The summed E-state index contributed by atoms with van der Waals surface area (Å²) in [4.78, 5) is 11.1. The maximum atomic E-state index is 13.2. The van der Waals surface area contributed by atoms with Crippen LogP contribution in [0.4, 0.5) is 5.82 Å². The van der Waals surface area contributed by atoms with Gasteiger partial charge in [-0.1, -0.05) is 11.2 Å². The van der Waals surface area contributed by atoms with Gasteiger partial charge in [0.2, 0.25) is 0 Å². The van der Waals surface area contributed by atoms with Crippen LogP contribution in [0.25, 0.3) is 11.0 Å². The van der Waals surface area contributed by atoms with E-state index in [0.717, 1.165) is 0 Å². The number of aryl methyl sites for hydroxylation is 1. The highest BCUT2D eigenvalue weighted by Gasteiger charge is 2.28. The SMILES string of the molecule is COc1cc(CCC(C)=O)cc(OC)c1S(=O)(=O)Nc1noc2cccc(OC)c12. The molecule has 10 heteroatoms. The van der Waals surface area contributed by atoms with Gasteiger partial charge < -0.3 is 23.5 Å². The standard InChI is InChI=1S/C20H22N2O7S/c1-12(23)8-9-13-10-16(27-3)19(17(11-13)28-4)30(24,25)22-20-18-14(26-2)6-5-7-15(18)29-21-20/h5-7,10-11H,8-9H2,1-4H3,(H,21,22). The highest BCUT2D eigenvalue weighted by Crippen LogP contribution is 2.38. The van der Waals surface area contributed by atoms with Gasteiger partial charge in [-0.05, 0) is 43.2 Å². The maximum absolute atomic E-state index is 13.2. The molecule has 0 aliphatic heterocycles. The van der Waals surface area contributed by atoms with E-state index >= 15 is 0 Å². The Morgan fingerprint density at radius 2 is 1.70 bits per heavy atom. The van der Waals surface area contributed by atoms with Gasteiger partial charge in [-0.15, -0.1) is 0 Å². The van der Waals surface area contributed by atoms with Gasteiger partial charge in [0.25, 0.3) is 10.0 Å². The van der Waals surface area contributed by atoms with Crippen molar-refractivity contribution in [1.29, 1.82) is 0 Å². The molecule has 0 saturated heterocycles. The van der Waals surface area contributed by atoms with Crippen LogP contribution >= 0.6 is 0 Å². The monoisotopic (exact) mass is 434 g/mol. The van der Waals surface area contributed by atoms with Crippen molar-refractivity contribution >= 4 is 32.6 Å². The molecule has 0 unspecified atom stereocenters. The smallest absolute Gasteiger partial charge is 0.270 e. The normalized spacial score (nSPS) is 11.3. The Balaban J connectivity index is 2.07. The Hall–Kier alpha value is -3.27. The van der Waals surface area contributed by atoms with Gasteiger partial charge in [-0.2, -0.15) is 0 Å². The summed E-state index contributed by atoms with van der Waals surface area (Å²) in [5, 5.41) is 4.22. The average molecular weight is 434 g/mol. The minimum atomic E-state index is -4.18. The number of rotatable bonds is 9. The van der Waals surface area contributed by atoms with E-state index in [4.69, 9.17) is 18.7 Å².